The molecule has 0 radical (unpaired) electrons. The zero-order valence-electron chi connectivity index (χ0n) is 17.3. The summed E-state index contributed by atoms with van der Waals surface area (Å²) in [5, 5.41) is 7.97. The number of carbonyl (C=O) groups excluding carboxylic acids is 2. The molecule has 0 spiro atoms. The quantitative estimate of drug-likeness (QED) is 0.218. The number of halogens is 3. The zero-order valence-corrected chi connectivity index (χ0v) is 20.4. The maximum absolute atomic E-state index is 12.8. The van der Waals surface area contributed by atoms with E-state index in [2.05, 4.69) is 10.6 Å². The van der Waals surface area contributed by atoms with E-state index in [1.807, 2.05) is 48.7 Å². The van der Waals surface area contributed by atoms with Crippen LogP contribution in [0.1, 0.15) is 33.2 Å². The Labute approximate surface area is 205 Å². The van der Waals surface area contributed by atoms with E-state index >= 15 is 0 Å². The highest BCUT2D eigenvalue weighted by molar-refractivity contribution is 7.15. The van der Waals surface area contributed by atoms with Crippen LogP contribution in [0, 0.1) is 6.92 Å². The molecular formula is C23H21Cl3N2O3S. The van der Waals surface area contributed by atoms with E-state index in [-0.39, 0.29) is 6.61 Å². The predicted molar refractivity (Wildman–Crippen MR) is 132 cm³/mol. The maximum Gasteiger partial charge on any atom is 0.341 e. The van der Waals surface area contributed by atoms with Crippen LogP contribution in [0.4, 0.5) is 5.00 Å². The van der Waals surface area contributed by atoms with E-state index in [9.17, 15) is 9.59 Å². The van der Waals surface area contributed by atoms with Gasteiger partial charge in [-0.25, -0.2) is 4.79 Å². The van der Waals surface area contributed by atoms with Crippen LogP contribution in [0.2, 0.25) is 0 Å². The third kappa shape index (κ3) is 5.95. The summed E-state index contributed by atoms with van der Waals surface area (Å²) >= 11 is 19.8. The number of esters is 1. The lowest BCUT2D eigenvalue weighted by Crippen LogP contribution is -2.49. The van der Waals surface area contributed by atoms with Crippen molar-refractivity contribution in [3.63, 3.8) is 0 Å². The van der Waals surface area contributed by atoms with Crippen molar-refractivity contribution in [3.05, 3.63) is 76.7 Å². The molecule has 2 aromatic carbocycles. The Morgan fingerprint density at radius 1 is 1.09 bits per heavy atom. The molecule has 3 rings (SSSR count). The number of alkyl halides is 3. The van der Waals surface area contributed by atoms with Crippen molar-refractivity contribution >= 4 is 63.0 Å². The number of thiophene rings is 1. The van der Waals surface area contributed by atoms with Gasteiger partial charge in [-0.05, 0) is 31.5 Å². The molecule has 0 saturated heterocycles. The molecule has 0 saturated carbocycles. The summed E-state index contributed by atoms with van der Waals surface area (Å²) in [5.74, 6) is -0.932. The number of amides is 1. The molecule has 0 aliphatic heterocycles. The summed E-state index contributed by atoms with van der Waals surface area (Å²) in [6, 6.07) is 16.5. The van der Waals surface area contributed by atoms with Gasteiger partial charge < -0.3 is 15.4 Å². The molecule has 32 heavy (non-hydrogen) atoms. The summed E-state index contributed by atoms with van der Waals surface area (Å²) in [4.78, 5) is 25.6. The lowest BCUT2D eigenvalue weighted by atomic mass is 10.0. The topological polar surface area (TPSA) is 67.4 Å². The lowest BCUT2D eigenvalue weighted by Gasteiger charge is -2.27. The first kappa shape index (κ1) is 24.4. The first-order valence-corrected chi connectivity index (χ1v) is 11.8. The van der Waals surface area contributed by atoms with Crippen molar-refractivity contribution < 1.29 is 14.3 Å². The van der Waals surface area contributed by atoms with E-state index in [1.54, 1.807) is 25.1 Å². The van der Waals surface area contributed by atoms with Gasteiger partial charge in [0.1, 0.15) is 16.7 Å². The number of hydrogen-bond donors (Lipinski definition) is 2. The Morgan fingerprint density at radius 2 is 1.81 bits per heavy atom. The molecule has 0 aliphatic carbocycles. The van der Waals surface area contributed by atoms with Crippen LogP contribution >= 0.6 is 46.1 Å². The zero-order chi connectivity index (χ0) is 23.3. The molecule has 1 aromatic heterocycles. The van der Waals surface area contributed by atoms with Crippen molar-refractivity contribution in [2.75, 3.05) is 11.9 Å². The molecule has 3 aromatic rings. The van der Waals surface area contributed by atoms with Crippen LogP contribution < -0.4 is 10.6 Å². The van der Waals surface area contributed by atoms with Crippen molar-refractivity contribution in [3.8, 4) is 11.1 Å². The van der Waals surface area contributed by atoms with Gasteiger partial charge in [0.15, 0.2) is 0 Å². The van der Waals surface area contributed by atoms with Gasteiger partial charge in [0.25, 0.3) is 5.91 Å². The Bertz CT molecular complexity index is 1100. The normalized spacial score (nSPS) is 12.2. The van der Waals surface area contributed by atoms with Crippen LogP contribution in [0.15, 0.2) is 60.0 Å². The van der Waals surface area contributed by atoms with Crippen LogP contribution in [-0.2, 0) is 4.74 Å². The highest BCUT2D eigenvalue weighted by atomic mass is 35.6. The molecule has 1 atom stereocenters. The van der Waals surface area contributed by atoms with E-state index < -0.39 is 21.8 Å². The Kier molecular flexibility index (Phi) is 8.06. The second kappa shape index (κ2) is 10.6. The number of rotatable bonds is 7. The van der Waals surface area contributed by atoms with Crippen LogP contribution in [0.25, 0.3) is 11.1 Å². The second-order valence-corrected chi connectivity index (χ2v) is 10.2. The van der Waals surface area contributed by atoms with Gasteiger partial charge in [0.05, 0.1) is 6.61 Å². The highest BCUT2D eigenvalue weighted by Gasteiger charge is 2.36. The molecule has 168 valence electrons. The molecule has 9 heteroatoms. The Morgan fingerprint density at radius 3 is 2.44 bits per heavy atom. The third-order valence-corrected chi connectivity index (χ3v) is 6.08. The van der Waals surface area contributed by atoms with Gasteiger partial charge in [-0.2, -0.15) is 0 Å². The molecule has 0 fully saturated rings. The van der Waals surface area contributed by atoms with Gasteiger partial charge in [0, 0.05) is 16.5 Å². The fourth-order valence-electron chi connectivity index (χ4n) is 3.03. The summed E-state index contributed by atoms with van der Waals surface area (Å²) in [7, 11) is 0. The SMILES string of the molecule is CCOC(=O)c1c(-c2ccccc2)csc1NC(NC(=O)c1cccc(C)c1)C(Cl)(Cl)Cl. The van der Waals surface area contributed by atoms with Crippen molar-refractivity contribution in [1.29, 1.82) is 0 Å². The number of hydrogen-bond acceptors (Lipinski definition) is 5. The average molecular weight is 512 g/mol. The number of aryl methyl sites for hydroxylation is 1. The van der Waals surface area contributed by atoms with E-state index in [1.165, 1.54) is 11.3 Å². The number of carbonyl (C=O) groups is 2. The van der Waals surface area contributed by atoms with Crippen molar-refractivity contribution in [1.82, 2.24) is 5.32 Å². The van der Waals surface area contributed by atoms with E-state index in [0.717, 1.165) is 11.1 Å². The molecule has 1 unspecified atom stereocenters. The highest BCUT2D eigenvalue weighted by Crippen LogP contribution is 2.39. The summed E-state index contributed by atoms with van der Waals surface area (Å²) < 4.78 is 3.36. The molecule has 1 heterocycles. The summed E-state index contributed by atoms with van der Waals surface area (Å²) in [6.45, 7) is 3.82. The van der Waals surface area contributed by atoms with E-state index in [0.29, 0.717) is 21.7 Å². The predicted octanol–water partition coefficient (Wildman–Crippen LogP) is 6.44. The first-order valence-electron chi connectivity index (χ1n) is 9.75. The van der Waals surface area contributed by atoms with Crippen LogP contribution in [0.3, 0.4) is 0 Å². The van der Waals surface area contributed by atoms with Crippen LogP contribution in [0.5, 0.6) is 0 Å². The van der Waals surface area contributed by atoms with Gasteiger partial charge in [-0.3, -0.25) is 4.79 Å². The minimum atomic E-state index is -1.90. The lowest BCUT2D eigenvalue weighted by molar-refractivity contribution is 0.0529. The molecule has 2 N–H and O–H groups in total. The minimum absolute atomic E-state index is 0.209. The maximum atomic E-state index is 12.8. The fourth-order valence-corrected chi connectivity index (χ4v) is 4.35. The van der Waals surface area contributed by atoms with Crippen molar-refractivity contribution in [2.45, 2.75) is 23.8 Å². The molecule has 1 amide bonds. The number of benzene rings is 2. The van der Waals surface area contributed by atoms with E-state index in [4.69, 9.17) is 39.5 Å². The fraction of sp³-hybridized carbons (Fsp3) is 0.217. The van der Waals surface area contributed by atoms with Crippen LogP contribution in [-0.4, -0.2) is 28.4 Å². The smallest absolute Gasteiger partial charge is 0.341 e. The molecular weight excluding hydrogens is 491 g/mol. The largest absolute Gasteiger partial charge is 0.462 e. The van der Waals surface area contributed by atoms with Gasteiger partial charge in [-0.1, -0.05) is 82.8 Å². The number of anilines is 1. The third-order valence-electron chi connectivity index (χ3n) is 4.51. The van der Waals surface area contributed by atoms with Gasteiger partial charge >= 0.3 is 5.97 Å². The van der Waals surface area contributed by atoms with Crippen molar-refractivity contribution in [2.24, 2.45) is 0 Å². The molecule has 5 nitrogen and oxygen atoms in total. The second-order valence-electron chi connectivity index (χ2n) is 6.90. The van der Waals surface area contributed by atoms with Gasteiger partial charge in [-0.15, -0.1) is 11.3 Å². The summed E-state index contributed by atoms with van der Waals surface area (Å²) in [5.41, 5.74) is 3.19. The Balaban J connectivity index is 1.95. The molecule has 0 bridgehead atoms. The summed E-state index contributed by atoms with van der Waals surface area (Å²) in [6.07, 6.45) is -1.11. The number of ether oxygens (including phenoxy) is 1. The average Bonchev–Trinajstić information content (AvgIpc) is 3.17. The standard InChI is InChI=1S/C23H21Cl3N2O3S/c1-3-31-21(30)18-17(15-9-5-4-6-10-15)13-32-20(18)28-22(23(24,25)26)27-19(29)16-11-7-8-14(2)12-16/h4-13,22,28H,3H2,1-2H3,(H,27,29). The van der Waals surface area contributed by atoms with Gasteiger partial charge in [0.2, 0.25) is 3.79 Å². The first-order chi connectivity index (χ1) is 15.2. The Hall–Kier alpha value is -2.25. The monoisotopic (exact) mass is 510 g/mol. The minimum Gasteiger partial charge on any atom is -0.462 e. The number of nitrogens with one attached hydrogen (secondary N) is 2. The molecule has 0 aliphatic rings.